The molecule has 0 radical (unpaired) electrons. The van der Waals surface area contributed by atoms with Gasteiger partial charge in [0.25, 0.3) is 0 Å². The molecule has 4 nitrogen and oxygen atoms in total. The predicted octanol–water partition coefficient (Wildman–Crippen LogP) is 1.90. The van der Waals surface area contributed by atoms with E-state index in [0.29, 0.717) is 17.9 Å². The Bertz CT molecular complexity index is 469. The summed E-state index contributed by atoms with van der Waals surface area (Å²) in [5.74, 6) is -0.505. The van der Waals surface area contributed by atoms with Crippen LogP contribution in [0.1, 0.15) is 82.1 Å². The monoisotopic (exact) mass is 346 g/mol. The third-order valence-electron chi connectivity index (χ3n) is 3.99. The molecule has 132 valence electrons. The van der Waals surface area contributed by atoms with Crippen LogP contribution in [0.25, 0.3) is 0 Å². The smallest absolute Gasteiger partial charge is 1.00 e. The van der Waals surface area contributed by atoms with Crippen LogP contribution in [-0.2, 0) is 6.61 Å². The molecule has 1 rings (SSSR count). The molecule has 0 spiro atoms. The van der Waals surface area contributed by atoms with Crippen LogP contribution < -0.4 is 34.3 Å². The number of aliphatic hydroxyl groups excluding tert-OH is 1. The van der Waals surface area contributed by atoms with Crippen molar-refractivity contribution < 1.29 is 50.7 Å². The van der Waals surface area contributed by atoms with Gasteiger partial charge in [-0.2, -0.15) is 0 Å². The van der Waals surface area contributed by atoms with Gasteiger partial charge in [0.15, 0.2) is 0 Å². The average molecular weight is 346 g/mol. The number of carbonyl (C=O) groups is 1. The van der Waals surface area contributed by atoms with Crippen LogP contribution in [0.4, 0.5) is 0 Å². The molecule has 0 atom stereocenters. The fourth-order valence-electron chi connectivity index (χ4n) is 2.55. The SMILES string of the molecule is CCCCCCCCCCCOc1cc(C(=O)O)ccc1CO.[H-].[Na+]. The molecular formula is C19H31NaO4. The van der Waals surface area contributed by atoms with Gasteiger partial charge in [0.2, 0.25) is 0 Å². The van der Waals surface area contributed by atoms with E-state index in [-0.39, 0.29) is 43.2 Å². The zero-order chi connectivity index (χ0) is 16.9. The summed E-state index contributed by atoms with van der Waals surface area (Å²) in [5.41, 5.74) is 0.815. The standard InChI is InChI=1S/C19H30O4.Na.H/c1-2-3-4-5-6-7-8-9-10-13-23-18-14-16(19(21)22)11-12-17(18)15-20;;/h11-12,14,20H,2-10,13,15H2,1H3,(H,21,22);;/q;+1;-1. The molecule has 0 fully saturated rings. The Morgan fingerprint density at radius 3 is 2.17 bits per heavy atom. The molecule has 0 aromatic heterocycles. The summed E-state index contributed by atoms with van der Waals surface area (Å²) in [5, 5.41) is 18.3. The number of hydrogen-bond acceptors (Lipinski definition) is 3. The van der Waals surface area contributed by atoms with E-state index < -0.39 is 5.97 Å². The molecule has 0 unspecified atom stereocenters. The third-order valence-corrected chi connectivity index (χ3v) is 3.99. The van der Waals surface area contributed by atoms with Crippen LogP contribution in [0.15, 0.2) is 18.2 Å². The maximum absolute atomic E-state index is 11.0. The first-order valence-electron chi connectivity index (χ1n) is 8.79. The van der Waals surface area contributed by atoms with Crippen LogP contribution in [-0.4, -0.2) is 22.8 Å². The molecule has 0 aliphatic heterocycles. The van der Waals surface area contributed by atoms with Crippen molar-refractivity contribution in [3.63, 3.8) is 0 Å². The zero-order valence-electron chi connectivity index (χ0n) is 16.2. The molecule has 1 aromatic carbocycles. The maximum atomic E-state index is 11.0. The molecular weight excluding hydrogens is 315 g/mol. The largest absolute Gasteiger partial charge is 1.00 e. The molecule has 2 N–H and O–H groups in total. The van der Waals surface area contributed by atoms with E-state index in [2.05, 4.69) is 6.92 Å². The van der Waals surface area contributed by atoms with Crippen molar-refractivity contribution in [2.24, 2.45) is 0 Å². The van der Waals surface area contributed by atoms with Gasteiger partial charge in [-0.05, 0) is 18.6 Å². The van der Waals surface area contributed by atoms with Crippen molar-refractivity contribution in [2.75, 3.05) is 6.61 Å². The third kappa shape index (κ3) is 9.67. The Balaban J connectivity index is 0. The second-order valence-corrected chi connectivity index (χ2v) is 5.96. The molecule has 0 bridgehead atoms. The minimum atomic E-state index is -0.984. The fraction of sp³-hybridized carbons (Fsp3) is 0.632. The molecule has 0 aliphatic carbocycles. The molecule has 5 heteroatoms. The van der Waals surface area contributed by atoms with E-state index >= 15 is 0 Å². The molecule has 0 aliphatic rings. The molecule has 24 heavy (non-hydrogen) atoms. The fourth-order valence-corrected chi connectivity index (χ4v) is 2.55. The molecule has 0 heterocycles. The first-order valence-corrected chi connectivity index (χ1v) is 8.79. The van der Waals surface area contributed by atoms with Crippen molar-refractivity contribution in [3.05, 3.63) is 29.3 Å². The normalized spacial score (nSPS) is 10.2. The topological polar surface area (TPSA) is 66.8 Å². The van der Waals surface area contributed by atoms with Gasteiger partial charge in [-0.15, -0.1) is 0 Å². The number of carboxylic acids is 1. The van der Waals surface area contributed by atoms with E-state index in [1.165, 1.54) is 57.1 Å². The molecule has 0 saturated carbocycles. The second kappa shape index (κ2) is 14.8. The number of aromatic carboxylic acids is 1. The predicted molar refractivity (Wildman–Crippen MR) is 93.2 cm³/mol. The zero-order valence-corrected chi connectivity index (χ0v) is 17.2. The average Bonchev–Trinajstić information content (AvgIpc) is 2.56. The van der Waals surface area contributed by atoms with Gasteiger partial charge in [0.1, 0.15) is 5.75 Å². The summed E-state index contributed by atoms with van der Waals surface area (Å²) >= 11 is 0. The summed E-state index contributed by atoms with van der Waals surface area (Å²) in [6.45, 7) is 2.65. The van der Waals surface area contributed by atoms with Gasteiger partial charge in [-0.1, -0.05) is 64.4 Å². The number of aliphatic hydroxyl groups is 1. The number of rotatable bonds is 13. The van der Waals surface area contributed by atoms with Crippen molar-refractivity contribution in [3.8, 4) is 5.75 Å². The van der Waals surface area contributed by atoms with E-state index in [1.54, 1.807) is 6.07 Å². The summed E-state index contributed by atoms with van der Waals surface area (Å²) in [6, 6.07) is 4.58. The number of unbranched alkanes of at least 4 members (excludes halogenated alkanes) is 8. The van der Waals surface area contributed by atoms with E-state index in [1.807, 2.05) is 0 Å². The maximum Gasteiger partial charge on any atom is 1.00 e. The van der Waals surface area contributed by atoms with Gasteiger partial charge < -0.3 is 16.4 Å². The summed E-state index contributed by atoms with van der Waals surface area (Å²) in [6.07, 6.45) is 11.2. The van der Waals surface area contributed by atoms with Crippen LogP contribution >= 0.6 is 0 Å². The van der Waals surface area contributed by atoms with Crippen LogP contribution in [0.2, 0.25) is 0 Å². The van der Waals surface area contributed by atoms with Gasteiger partial charge in [0, 0.05) is 5.56 Å². The molecule has 0 saturated heterocycles. The van der Waals surface area contributed by atoms with Gasteiger partial charge >= 0.3 is 35.5 Å². The Morgan fingerprint density at radius 2 is 1.62 bits per heavy atom. The Morgan fingerprint density at radius 1 is 1.04 bits per heavy atom. The van der Waals surface area contributed by atoms with Gasteiger partial charge in [-0.3, -0.25) is 0 Å². The van der Waals surface area contributed by atoms with Crippen molar-refractivity contribution in [1.29, 1.82) is 0 Å². The number of hydrogen-bond donors (Lipinski definition) is 2. The van der Waals surface area contributed by atoms with Crippen molar-refractivity contribution in [2.45, 2.75) is 71.3 Å². The summed E-state index contributed by atoms with van der Waals surface area (Å²) in [4.78, 5) is 11.0. The number of carboxylic acid groups (broad SMARTS) is 1. The van der Waals surface area contributed by atoms with Gasteiger partial charge in [-0.25, -0.2) is 4.79 Å². The van der Waals surface area contributed by atoms with Crippen LogP contribution in [0, 0.1) is 0 Å². The van der Waals surface area contributed by atoms with Crippen LogP contribution in [0.5, 0.6) is 5.75 Å². The Kier molecular flexibility index (Phi) is 14.4. The van der Waals surface area contributed by atoms with E-state index in [9.17, 15) is 9.90 Å². The van der Waals surface area contributed by atoms with Gasteiger partial charge in [0.05, 0.1) is 18.8 Å². The quantitative estimate of drug-likeness (QED) is 0.423. The van der Waals surface area contributed by atoms with Crippen molar-refractivity contribution >= 4 is 5.97 Å². The minimum absolute atomic E-state index is 0. The van der Waals surface area contributed by atoms with E-state index in [4.69, 9.17) is 9.84 Å². The molecule has 1 aromatic rings. The second-order valence-electron chi connectivity index (χ2n) is 5.96. The van der Waals surface area contributed by atoms with Crippen molar-refractivity contribution in [1.82, 2.24) is 0 Å². The first kappa shape index (κ1) is 23.4. The summed E-state index contributed by atoms with van der Waals surface area (Å²) < 4.78 is 5.66. The minimum Gasteiger partial charge on any atom is -1.00 e. The first-order chi connectivity index (χ1) is 11.2. The molecule has 0 amide bonds. The summed E-state index contributed by atoms with van der Waals surface area (Å²) in [7, 11) is 0. The Hall–Kier alpha value is -0.550. The number of benzene rings is 1. The number of ether oxygens (including phenoxy) is 1. The van der Waals surface area contributed by atoms with Crippen LogP contribution in [0.3, 0.4) is 0 Å². The Labute approximate surface area is 169 Å². The van der Waals surface area contributed by atoms with E-state index in [0.717, 1.165) is 12.8 Å².